The highest BCUT2D eigenvalue weighted by Gasteiger charge is 2.50. The van der Waals surface area contributed by atoms with Crippen LogP contribution in [-0.4, -0.2) is 19.5 Å². The molecule has 0 N–H and O–H groups in total. The first-order chi connectivity index (χ1) is 31.7. The Labute approximate surface area is 370 Å². The van der Waals surface area contributed by atoms with Crippen molar-refractivity contribution >= 4 is 38.2 Å². The molecule has 2 aromatic heterocycles. The van der Waals surface area contributed by atoms with E-state index in [1.54, 1.807) is 0 Å². The molecule has 11 aromatic rings. The first-order valence-electron chi connectivity index (χ1n) is 22.2. The van der Waals surface area contributed by atoms with Crippen LogP contribution in [0.4, 0.5) is 0 Å². The molecule has 0 saturated carbocycles. The number of hydrogen-bond donors (Lipinski definition) is 0. The summed E-state index contributed by atoms with van der Waals surface area (Å²) in [6.07, 6.45) is 4.25. The Hall–Kier alpha value is -8.21. The summed E-state index contributed by atoms with van der Waals surface area (Å²) in [4.78, 5) is 15.9. The minimum Gasteiger partial charge on any atom is -0.309 e. The van der Waals surface area contributed by atoms with Crippen molar-refractivity contribution in [3.63, 3.8) is 0 Å². The summed E-state index contributed by atoms with van der Waals surface area (Å²) < 4.78 is 2.51. The standard InChI is InChI=1S/C60H38N4/c1-3-21-42-37(15-1)17-12-26-48(42)58-61-57(62-59(63-58)49-27-13-18-38-16-2-4-22-43(38)49)41-20-11-19-39(35-41)40-33-34-45-44-23-5-7-28-50(44)60(53(45)36-40)51-29-8-10-32-55(51)64-54-31-9-6-24-46(54)47-25-14-30-52(60)56(47)64/h1-12,14-17,19-36H,13,18H2. The average molecular weight is 815 g/mol. The molecule has 4 heteroatoms. The monoisotopic (exact) mass is 814 g/mol. The first-order valence-corrected chi connectivity index (χ1v) is 22.2. The van der Waals surface area contributed by atoms with Gasteiger partial charge >= 0.3 is 0 Å². The summed E-state index contributed by atoms with van der Waals surface area (Å²) in [7, 11) is 0. The van der Waals surface area contributed by atoms with E-state index in [1.807, 2.05) is 0 Å². The van der Waals surface area contributed by atoms with E-state index in [0.717, 1.165) is 51.4 Å². The van der Waals surface area contributed by atoms with Crippen molar-refractivity contribution in [2.75, 3.05) is 0 Å². The molecule has 2 aliphatic carbocycles. The van der Waals surface area contributed by atoms with Crippen molar-refractivity contribution in [3.8, 4) is 50.7 Å². The van der Waals surface area contributed by atoms with Crippen LogP contribution in [0.25, 0.3) is 88.9 Å². The molecule has 1 spiro atoms. The van der Waals surface area contributed by atoms with E-state index < -0.39 is 5.41 Å². The van der Waals surface area contributed by atoms with Gasteiger partial charge in [-0.25, -0.2) is 15.0 Å². The molecule has 0 radical (unpaired) electrons. The Morgan fingerprint density at radius 2 is 1.05 bits per heavy atom. The number of aryl methyl sites for hydroxylation is 1. The van der Waals surface area contributed by atoms with E-state index in [0.29, 0.717) is 17.5 Å². The molecule has 298 valence electrons. The van der Waals surface area contributed by atoms with Crippen LogP contribution < -0.4 is 0 Å². The summed E-state index contributed by atoms with van der Waals surface area (Å²) in [5.74, 6) is 2.03. The lowest BCUT2D eigenvalue weighted by Gasteiger charge is -2.39. The van der Waals surface area contributed by atoms with E-state index >= 15 is 0 Å². The fourth-order valence-corrected chi connectivity index (χ4v) is 11.4. The van der Waals surface area contributed by atoms with Gasteiger partial charge in [0.05, 0.1) is 22.1 Å². The maximum Gasteiger partial charge on any atom is 0.164 e. The molecule has 0 bridgehead atoms. The van der Waals surface area contributed by atoms with Gasteiger partial charge in [-0.05, 0) is 104 Å². The van der Waals surface area contributed by atoms with Crippen LogP contribution in [0, 0.1) is 0 Å². The second kappa shape index (κ2) is 13.4. The molecule has 64 heavy (non-hydrogen) atoms. The van der Waals surface area contributed by atoms with Gasteiger partial charge in [0.25, 0.3) is 0 Å². The van der Waals surface area contributed by atoms with E-state index in [2.05, 4.69) is 211 Å². The number of benzene rings is 9. The molecule has 1 unspecified atom stereocenters. The van der Waals surface area contributed by atoms with Crippen molar-refractivity contribution in [2.24, 2.45) is 0 Å². The zero-order valence-corrected chi connectivity index (χ0v) is 34.8. The number of nitrogens with zero attached hydrogens (tertiary/aromatic N) is 4. The number of allylic oxidation sites excluding steroid dienone is 1. The van der Waals surface area contributed by atoms with Crippen molar-refractivity contribution in [1.82, 2.24) is 19.5 Å². The summed E-state index contributed by atoms with van der Waals surface area (Å²) >= 11 is 0. The van der Waals surface area contributed by atoms with Gasteiger partial charge in [-0.2, -0.15) is 0 Å². The molecule has 4 nitrogen and oxygen atoms in total. The minimum atomic E-state index is -0.527. The number of rotatable bonds is 4. The van der Waals surface area contributed by atoms with Crippen molar-refractivity contribution in [3.05, 3.63) is 245 Å². The smallest absolute Gasteiger partial charge is 0.164 e. The summed E-state index contributed by atoms with van der Waals surface area (Å²) in [5.41, 5.74) is 18.8. The zero-order valence-electron chi connectivity index (χ0n) is 34.8. The highest BCUT2D eigenvalue weighted by molar-refractivity contribution is 6.13. The number of hydrogen-bond acceptors (Lipinski definition) is 3. The molecule has 9 aromatic carbocycles. The zero-order chi connectivity index (χ0) is 41.9. The molecular formula is C60H38N4. The third-order valence-corrected chi connectivity index (χ3v) is 14.1. The predicted molar refractivity (Wildman–Crippen MR) is 261 cm³/mol. The first kappa shape index (κ1) is 35.4. The molecule has 1 aliphatic heterocycles. The van der Waals surface area contributed by atoms with Gasteiger partial charge in [-0.15, -0.1) is 0 Å². The van der Waals surface area contributed by atoms with Gasteiger partial charge in [0.1, 0.15) is 0 Å². The number of fused-ring (bicyclic) bond motifs is 14. The summed E-state index contributed by atoms with van der Waals surface area (Å²) in [6, 6.07) is 73.3. The topological polar surface area (TPSA) is 43.6 Å². The lowest BCUT2D eigenvalue weighted by atomic mass is 9.65. The third-order valence-electron chi connectivity index (χ3n) is 14.1. The van der Waals surface area contributed by atoms with Crippen molar-refractivity contribution in [2.45, 2.75) is 18.3 Å². The lowest BCUT2D eigenvalue weighted by molar-refractivity contribution is 0.749. The third kappa shape index (κ3) is 4.85. The second-order valence-corrected chi connectivity index (χ2v) is 17.4. The second-order valence-electron chi connectivity index (χ2n) is 17.4. The maximum absolute atomic E-state index is 5.31. The Balaban J connectivity index is 0.977. The van der Waals surface area contributed by atoms with E-state index in [9.17, 15) is 0 Å². The molecule has 3 heterocycles. The molecule has 1 atom stereocenters. The summed E-state index contributed by atoms with van der Waals surface area (Å²) in [5, 5.41) is 4.83. The fourth-order valence-electron chi connectivity index (χ4n) is 11.4. The largest absolute Gasteiger partial charge is 0.309 e. The Bertz CT molecular complexity index is 3810. The van der Waals surface area contributed by atoms with Crippen molar-refractivity contribution in [1.29, 1.82) is 0 Å². The van der Waals surface area contributed by atoms with Crippen LogP contribution >= 0.6 is 0 Å². The van der Waals surface area contributed by atoms with E-state index in [-0.39, 0.29) is 0 Å². The van der Waals surface area contributed by atoms with E-state index in [1.165, 1.54) is 72.0 Å². The molecular weight excluding hydrogens is 777 g/mol. The molecule has 0 saturated heterocycles. The Kier molecular flexibility index (Phi) is 7.41. The van der Waals surface area contributed by atoms with Crippen LogP contribution in [-0.2, 0) is 11.8 Å². The van der Waals surface area contributed by atoms with Gasteiger partial charge < -0.3 is 4.57 Å². The van der Waals surface area contributed by atoms with Crippen LogP contribution in [0.5, 0.6) is 0 Å². The van der Waals surface area contributed by atoms with Crippen LogP contribution in [0.2, 0.25) is 0 Å². The molecule has 0 fully saturated rings. The fraction of sp³-hybridized carbons (Fsp3) is 0.0500. The average Bonchev–Trinajstić information content (AvgIpc) is 3.86. The lowest BCUT2D eigenvalue weighted by Crippen LogP contribution is -2.33. The SMILES string of the molecule is C1=C(c2nc(-c3cccc(-c4ccc5c(c4)C4(c6ccccc6-5)c5ccccc5-n5c6ccccc6c6cccc4c65)c3)nc(-c3cccc4ccccc34)n2)c2ccccc2CC1. The van der Waals surface area contributed by atoms with Crippen LogP contribution in [0.15, 0.2) is 206 Å². The number of para-hydroxylation sites is 3. The van der Waals surface area contributed by atoms with Crippen molar-refractivity contribution < 1.29 is 0 Å². The van der Waals surface area contributed by atoms with E-state index in [4.69, 9.17) is 15.0 Å². The maximum atomic E-state index is 5.31. The predicted octanol–water partition coefficient (Wildman–Crippen LogP) is 14.2. The Morgan fingerprint density at radius 3 is 2.00 bits per heavy atom. The van der Waals surface area contributed by atoms with Gasteiger partial charge in [0, 0.05) is 27.5 Å². The molecule has 3 aliphatic rings. The molecule has 0 amide bonds. The highest BCUT2D eigenvalue weighted by Crippen LogP contribution is 2.61. The number of aromatic nitrogens is 4. The quantitative estimate of drug-likeness (QED) is 0.178. The molecule has 14 rings (SSSR count). The van der Waals surface area contributed by atoms with Gasteiger partial charge in [-0.3, -0.25) is 0 Å². The van der Waals surface area contributed by atoms with Gasteiger partial charge in [0.2, 0.25) is 0 Å². The minimum absolute atomic E-state index is 0.527. The van der Waals surface area contributed by atoms with Gasteiger partial charge in [0.15, 0.2) is 17.5 Å². The van der Waals surface area contributed by atoms with Crippen LogP contribution in [0.3, 0.4) is 0 Å². The van der Waals surface area contributed by atoms with Gasteiger partial charge in [-0.1, -0.05) is 182 Å². The highest BCUT2D eigenvalue weighted by atomic mass is 15.0. The van der Waals surface area contributed by atoms with Crippen LogP contribution in [0.1, 0.15) is 45.6 Å². The Morgan fingerprint density at radius 1 is 0.406 bits per heavy atom. The normalized spacial score (nSPS) is 15.5. The summed E-state index contributed by atoms with van der Waals surface area (Å²) in [6.45, 7) is 0.